The first-order valence-electron chi connectivity index (χ1n) is 8.87. The van der Waals surface area contributed by atoms with Crippen molar-refractivity contribution in [1.82, 2.24) is 4.98 Å². The Morgan fingerprint density at radius 1 is 0.929 bits per heavy atom. The lowest BCUT2D eigenvalue weighted by Crippen LogP contribution is -2.38. The van der Waals surface area contributed by atoms with Gasteiger partial charge in [-0.15, -0.1) is 0 Å². The number of aliphatic imine (C=N–C) groups is 1. The first kappa shape index (κ1) is 19.3. The van der Waals surface area contributed by atoms with E-state index in [4.69, 9.17) is 0 Å². The minimum absolute atomic E-state index is 0.156. The van der Waals surface area contributed by atoms with E-state index in [1.165, 1.54) is 0 Å². The van der Waals surface area contributed by atoms with Crippen LogP contribution in [0.4, 0.5) is 17.2 Å². The Kier molecular flexibility index (Phi) is 5.81. The van der Waals surface area contributed by atoms with Crippen LogP contribution in [0.5, 0.6) is 0 Å². The second-order valence-electron chi connectivity index (χ2n) is 6.59. The average Bonchev–Trinajstić information content (AvgIpc) is 2.67. The van der Waals surface area contributed by atoms with Crippen molar-refractivity contribution in [1.29, 1.82) is 0 Å². The topological polar surface area (TPSA) is 77.8 Å². The Balaban J connectivity index is 1.96. The zero-order chi connectivity index (χ0) is 20.1. The van der Waals surface area contributed by atoms with Crippen molar-refractivity contribution in [3.05, 3.63) is 83.6 Å². The minimum atomic E-state index is -0.568. The molecule has 6 nitrogen and oxygen atoms in total. The van der Waals surface area contributed by atoms with Gasteiger partial charge in [0.2, 0.25) is 5.84 Å². The summed E-state index contributed by atoms with van der Waals surface area (Å²) in [6, 6.07) is 18.1. The highest BCUT2D eigenvalue weighted by Gasteiger charge is 2.21. The molecule has 0 aliphatic carbocycles. The lowest BCUT2D eigenvalue weighted by atomic mass is 10.2. The van der Waals surface area contributed by atoms with E-state index in [-0.39, 0.29) is 5.84 Å². The van der Waals surface area contributed by atoms with E-state index in [1.807, 2.05) is 51.1 Å². The van der Waals surface area contributed by atoms with E-state index >= 15 is 0 Å². The molecule has 0 bridgehead atoms. The Labute approximate surface area is 164 Å². The standard InChI is InChI=1S/C22H22N4O2/c1-15-4-8-18(9-5-15)24-21(26(28)19-10-6-16(2)7-11-19)22(27)25-20-14-17(3)12-13-23-20/h4-14,28H,1-3H3,(H,23,25,27). The van der Waals surface area contributed by atoms with Gasteiger partial charge in [-0.25, -0.2) is 15.0 Å². The van der Waals surface area contributed by atoms with Crippen molar-refractivity contribution >= 4 is 28.9 Å². The third kappa shape index (κ3) is 4.81. The fourth-order valence-electron chi connectivity index (χ4n) is 2.52. The molecule has 28 heavy (non-hydrogen) atoms. The summed E-state index contributed by atoms with van der Waals surface area (Å²) in [6.07, 6.45) is 1.61. The Bertz CT molecular complexity index is 996. The Morgan fingerprint density at radius 2 is 1.54 bits per heavy atom. The predicted octanol–water partition coefficient (Wildman–Crippen LogP) is 4.57. The Morgan fingerprint density at radius 3 is 2.14 bits per heavy atom. The summed E-state index contributed by atoms with van der Waals surface area (Å²) in [6.45, 7) is 5.82. The fourth-order valence-corrected chi connectivity index (χ4v) is 2.52. The summed E-state index contributed by atoms with van der Waals surface area (Å²) in [4.78, 5) is 21.4. The van der Waals surface area contributed by atoms with E-state index in [0.717, 1.165) is 21.8 Å². The molecule has 0 unspecified atom stereocenters. The summed E-state index contributed by atoms with van der Waals surface area (Å²) in [5.41, 5.74) is 4.07. The van der Waals surface area contributed by atoms with E-state index in [1.54, 1.807) is 36.5 Å². The van der Waals surface area contributed by atoms with Gasteiger partial charge in [0.25, 0.3) is 5.91 Å². The first-order chi connectivity index (χ1) is 13.4. The number of amides is 1. The van der Waals surface area contributed by atoms with Crippen LogP contribution in [0.25, 0.3) is 0 Å². The van der Waals surface area contributed by atoms with Crippen LogP contribution < -0.4 is 10.4 Å². The maximum atomic E-state index is 12.9. The number of carbonyl (C=O) groups is 1. The summed E-state index contributed by atoms with van der Waals surface area (Å²) in [5.74, 6) is -0.336. The van der Waals surface area contributed by atoms with Gasteiger partial charge in [-0.1, -0.05) is 35.4 Å². The molecule has 2 N–H and O–H groups in total. The van der Waals surface area contributed by atoms with Crippen LogP contribution in [0.2, 0.25) is 0 Å². The molecule has 3 aromatic rings. The molecule has 1 aromatic heterocycles. The van der Waals surface area contributed by atoms with Gasteiger partial charge in [0, 0.05) is 6.20 Å². The lowest BCUT2D eigenvalue weighted by Gasteiger charge is -2.19. The first-order valence-corrected chi connectivity index (χ1v) is 8.87. The number of amidine groups is 1. The number of aryl methyl sites for hydroxylation is 3. The monoisotopic (exact) mass is 374 g/mol. The van der Waals surface area contributed by atoms with E-state index < -0.39 is 5.91 Å². The number of pyridine rings is 1. The summed E-state index contributed by atoms with van der Waals surface area (Å²) < 4.78 is 0. The van der Waals surface area contributed by atoms with Gasteiger partial charge in [-0.05, 0) is 62.7 Å². The van der Waals surface area contributed by atoms with Gasteiger partial charge in [-0.3, -0.25) is 10.0 Å². The van der Waals surface area contributed by atoms with Crippen molar-refractivity contribution in [2.45, 2.75) is 20.8 Å². The molecule has 0 atom stereocenters. The molecule has 0 aliphatic heterocycles. The number of anilines is 2. The molecule has 0 fully saturated rings. The van der Waals surface area contributed by atoms with Crippen LogP contribution in [0.3, 0.4) is 0 Å². The van der Waals surface area contributed by atoms with Crippen LogP contribution >= 0.6 is 0 Å². The number of aromatic nitrogens is 1. The molecule has 6 heteroatoms. The number of rotatable bonds is 3. The van der Waals surface area contributed by atoms with Crippen molar-refractivity contribution in [2.75, 3.05) is 10.4 Å². The van der Waals surface area contributed by atoms with Crippen LogP contribution in [-0.2, 0) is 4.79 Å². The molecule has 0 spiro atoms. The van der Waals surface area contributed by atoms with E-state index in [0.29, 0.717) is 17.2 Å². The highest BCUT2D eigenvalue weighted by Crippen LogP contribution is 2.19. The molecular weight excluding hydrogens is 352 g/mol. The maximum Gasteiger partial charge on any atom is 0.295 e. The third-order valence-electron chi connectivity index (χ3n) is 4.11. The number of nitrogens with one attached hydrogen (secondary N) is 1. The summed E-state index contributed by atoms with van der Waals surface area (Å²) in [5, 5.41) is 14.2. The SMILES string of the molecule is Cc1ccc(N=C(C(=O)Nc2cc(C)ccn2)N(O)c2ccc(C)cc2)cc1. The predicted molar refractivity (Wildman–Crippen MR) is 111 cm³/mol. The number of hydroxylamine groups is 1. The quantitative estimate of drug-likeness (QED) is 0.400. The van der Waals surface area contributed by atoms with Crippen molar-refractivity contribution in [3.63, 3.8) is 0 Å². The van der Waals surface area contributed by atoms with Gasteiger partial charge < -0.3 is 5.32 Å². The van der Waals surface area contributed by atoms with Crippen LogP contribution in [0.1, 0.15) is 16.7 Å². The van der Waals surface area contributed by atoms with Gasteiger partial charge in [0.15, 0.2) is 0 Å². The minimum Gasteiger partial charge on any atom is -0.304 e. The Hall–Kier alpha value is -3.51. The molecule has 0 aliphatic rings. The smallest absolute Gasteiger partial charge is 0.295 e. The zero-order valence-electron chi connectivity index (χ0n) is 16.0. The van der Waals surface area contributed by atoms with Crippen molar-refractivity contribution in [2.24, 2.45) is 4.99 Å². The van der Waals surface area contributed by atoms with Crippen LogP contribution in [0.15, 0.2) is 71.9 Å². The molecule has 2 aromatic carbocycles. The normalized spacial score (nSPS) is 11.2. The van der Waals surface area contributed by atoms with Gasteiger partial charge in [-0.2, -0.15) is 0 Å². The van der Waals surface area contributed by atoms with E-state index in [9.17, 15) is 10.0 Å². The fraction of sp³-hybridized carbons (Fsp3) is 0.136. The maximum absolute atomic E-state index is 12.9. The summed E-state index contributed by atoms with van der Waals surface area (Å²) >= 11 is 0. The highest BCUT2D eigenvalue weighted by molar-refractivity contribution is 6.46. The molecule has 1 heterocycles. The van der Waals surface area contributed by atoms with Gasteiger partial charge >= 0.3 is 0 Å². The number of hydrogen-bond acceptors (Lipinski definition) is 4. The molecule has 142 valence electrons. The number of benzene rings is 2. The summed E-state index contributed by atoms with van der Waals surface area (Å²) in [7, 11) is 0. The zero-order valence-corrected chi connectivity index (χ0v) is 16.0. The van der Waals surface area contributed by atoms with E-state index in [2.05, 4.69) is 15.3 Å². The van der Waals surface area contributed by atoms with Crippen molar-refractivity contribution < 1.29 is 10.0 Å². The third-order valence-corrected chi connectivity index (χ3v) is 4.11. The van der Waals surface area contributed by atoms with Crippen LogP contribution in [0, 0.1) is 20.8 Å². The molecular formula is C22H22N4O2. The number of hydrogen-bond donors (Lipinski definition) is 2. The lowest BCUT2D eigenvalue weighted by molar-refractivity contribution is -0.110. The van der Waals surface area contributed by atoms with Gasteiger partial charge in [0.1, 0.15) is 5.82 Å². The van der Waals surface area contributed by atoms with Crippen molar-refractivity contribution in [3.8, 4) is 0 Å². The number of nitrogens with zero attached hydrogens (tertiary/aromatic N) is 3. The number of carbonyl (C=O) groups excluding carboxylic acids is 1. The second-order valence-corrected chi connectivity index (χ2v) is 6.59. The van der Waals surface area contributed by atoms with Crippen LogP contribution in [-0.4, -0.2) is 21.9 Å². The molecule has 0 saturated carbocycles. The largest absolute Gasteiger partial charge is 0.304 e. The molecule has 1 amide bonds. The average molecular weight is 374 g/mol. The molecule has 0 saturated heterocycles. The van der Waals surface area contributed by atoms with Gasteiger partial charge in [0.05, 0.1) is 11.4 Å². The second kappa shape index (κ2) is 8.45. The molecule has 3 rings (SSSR count). The highest BCUT2D eigenvalue weighted by atomic mass is 16.5. The molecule has 0 radical (unpaired) electrons.